The number of aliphatic hydroxyl groups excluding tert-OH is 1. The van der Waals surface area contributed by atoms with E-state index >= 15 is 0 Å². The summed E-state index contributed by atoms with van der Waals surface area (Å²) in [5.74, 6) is -0.252. The fourth-order valence-electron chi connectivity index (χ4n) is 2.64. The monoisotopic (exact) mass is 466 g/mol. The van der Waals surface area contributed by atoms with Crippen LogP contribution >= 0.6 is 15.9 Å². The van der Waals surface area contributed by atoms with Crippen LogP contribution in [-0.2, 0) is 19.1 Å². The average molecular weight is 467 g/mol. The molecule has 0 fully saturated rings. The fourth-order valence-corrected chi connectivity index (χ4v) is 3.29. The Hall–Kier alpha value is -0.620. The maximum atomic E-state index is 10.8. The molecule has 5 nitrogen and oxygen atoms in total. The van der Waals surface area contributed by atoms with Crippen molar-refractivity contribution in [2.45, 2.75) is 115 Å². The molecule has 168 valence electrons. The number of carbonyl (C=O) groups is 2. The predicted octanol–water partition coefficient (Wildman–Crippen LogP) is 5.94. The van der Waals surface area contributed by atoms with E-state index in [9.17, 15) is 14.7 Å². The average Bonchev–Trinajstić information content (AvgIpc) is 2.71. The second-order valence-electron chi connectivity index (χ2n) is 7.18. The smallest absolute Gasteiger partial charge is 0.305 e. The van der Waals surface area contributed by atoms with Gasteiger partial charge in [-0.05, 0) is 38.5 Å². The zero-order valence-electron chi connectivity index (χ0n) is 18.5. The molecule has 0 aliphatic rings. The highest BCUT2D eigenvalue weighted by Crippen LogP contribution is 2.17. The van der Waals surface area contributed by atoms with Crippen LogP contribution in [0.3, 0.4) is 0 Å². The molecule has 2 atom stereocenters. The van der Waals surface area contributed by atoms with Crippen molar-refractivity contribution in [2.75, 3.05) is 14.2 Å². The van der Waals surface area contributed by atoms with Crippen LogP contribution in [0, 0.1) is 0 Å². The summed E-state index contributed by atoms with van der Waals surface area (Å²) in [6.07, 6.45) is 13.4. The minimum Gasteiger partial charge on any atom is -0.469 e. The van der Waals surface area contributed by atoms with Crippen molar-refractivity contribution in [1.29, 1.82) is 0 Å². The first kappa shape index (κ1) is 29.6. The van der Waals surface area contributed by atoms with E-state index in [0.717, 1.165) is 57.8 Å². The Morgan fingerprint density at radius 1 is 0.750 bits per heavy atom. The van der Waals surface area contributed by atoms with Gasteiger partial charge in [-0.1, -0.05) is 68.3 Å². The van der Waals surface area contributed by atoms with Gasteiger partial charge in [-0.2, -0.15) is 0 Å². The molecule has 0 aromatic carbocycles. The van der Waals surface area contributed by atoms with Gasteiger partial charge < -0.3 is 14.6 Å². The molecule has 0 aliphatic heterocycles. The molecule has 0 bridgehead atoms. The molecule has 2 unspecified atom stereocenters. The third-order valence-electron chi connectivity index (χ3n) is 4.53. The number of unbranched alkanes of at least 4 members (excludes halogenated alkanes) is 4. The van der Waals surface area contributed by atoms with Gasteiger partial charge >= 0.3 is 11.9 Å². The lowest BCUT2D eigenvalue weighted by atomic mass is 10.1. The lowest BCUT2D eigenvalue weighted by molar-refractivity contribution is -0.141. The van der Waals surface area contributed by atoms with Gasteiger partial charge in [-0.15, -0.1) is 0 Å². The Kier molecular flexibility index (Phi) is 23.9. The highest BCUT2D eigenvalue weighted by atomic mass is 79.9. The van der Waals surface area contributed by atoms with E-state index in [1.807, 2.05) is 0 Å². The van der Waals surface area contributed by atoms with E-state index in [1.165, 1.54) is 33.5 Å². The Morgan fingerprint density at radius 3 is 1.61 bits per heavy atom. The third kappa shape index (κ3) is 23.4. The summed E-state index contributed by atoms with van der Waals surface area (Å²) in [5, 5.41) is 9.49. The number of ether oxygens (including phenoxy) is 2. The van der Waals surface area contributed by atoms with Gasteiger partial charge in [0.15, 0.2) is 0 Å². The number of hydrogen-bond donors (Lipinski definition) is 1. The Bertz CT molecular complexity index is 329. The number of esters is 2. The first-order valence-electron chi connectivity index (χ1n) is 10.9. The summed E-state index contributed by atoms with van der Waals surface area (Å²) in [4.78, 5) is 22.2. The molecule has 0 aromatic rings. The number of methoxy groups -OCH3 is 2. The van der Waals surface area contributed by atoms with E-state index < -0.39 is 0 Å². The van der Waals surface area contributed by atoms with Gasteiger partial charge in [0.05, 0.1) is 20.3 Å². The lowest BCUT2D eigenvalue weighted by Gasteiger charge is -2.08. The Labute approximate surface area is 181 Å². The van der Waals surface area contributed by atoms with Crippen molar-refractivity contribution in [3.63, 3.8) is 0 Å². The Morgan fingerprint density at radius 2 is 1.14 bits per heavy atom. The molecule has 0 rings (SSSR count). The summed E-state index contributed by atoms with van der Waals surface area (Å²) in [5.41, 5.74) is 0. The zero-order valence-corrected chi connectivity index (χ0v) is 20.1. The minimum absolute atomic E-state index is 0.0929. The summed E-state index contributed by atoms with van der Waals surface area (Å²) in [6, 6.07) is 0. The quantitative estimate of drug-likeness (QED) is 0.173. The van der Waals surface area contributed by atoms with Crippen molar-refractivity contribution in [2.24, 2.45) is 0 Å². The third-order valence-corrected chi connectivity index (χ3v) is 5.45. The largest absolute Gasteiger partial charge is 0.469 e. The van der Waals surface area contributed by atoms with E-state index in [4.69, 9.17) is 0 Å². The second kappa shape index (κ2) is 22.7. The number of alkyl halides is 1. The van der Waals surface area contributed by atoms with Crippen LogP contribution in [0.25, 0.3) is 0 Å². The zero-order chi connectivity index (χ0) is 21.6. The number of hydrogen-bond acceptors (Lipinski definition) is 5. The highest BCUT2D eigenvalue weighted by Gasteiger charge is 2.05. The SMILES string of the molecule is CCCCC(Br)CCCCC(=O)OC.CCCCC(O)CCCCC(=O)OC. The van der Waals surface area contributed by atoms with Crippen LogP contribution in [0.2, 0.25) is 0 Å². The van der Waals surface area contributed by atoms with Crippen molar-refractivity contribution in [3.05, 3.63) is 0 Å². The summed E-state index contributed by atoms with van der Waals surface area (Å²) in [7, 11) is 2.84. The van der Waals surface area contributed by atoms with E-state index in [0.29, 0.717) is 17.7 Å². The molecule has 28 heavy (non-hydrogen) atoms. The predicted molar refractivity (Wildman–Crippen MR) is 119 cm³/mol. The number of aliphatic hydroxyl groups is 1. The van der Waals surface area contributed by atoms with Crippen LogP contribution in [0.1, 0.15) is 104 Å². The fraction of sp³-hybridized carbons (Fsp3) is 0.909. The normalized spacial score (nSPS) is 12.5. The van der Waals surface area contributed by atoms with E-state index in [1.54, 1.807) is 0 Å². The van der Waals surface area contributed by atoms with Crippen molar-refractivity contribution >= 4 is 27.9 Å². The Balaban J connectivity index is 0. The van der Waals surface area contributed by atoms with Crippen LogP contribution in [-0.4, -0.2) is 42.2 Å². The van der Waals surface area contributed by atoms with Crippen LogP contribution < -0.4 is 0 Å². The van der Waals surface area contributed by atoms with Crippen LogP contribution in [0.5, 0.6) is 0 Å². The second-order valence-corrected chi connectivity index (χ2v) is 8.47. The molecule has 6 heteroatoms. The molecule has 0 spiro atoms. The molecule has 0 saturated carbocycles. The van der Waals surface area contributed by atoms with Crippen LogP contribution in [0.4, 0.5) is 0 Å². The highest BCUT2D eigenvalue weighted by molar-refractivity contribution is 9.09. The first-order valence-corrected chi connectivity index (χ1v) is 11.8. The summed E-state index contributed by atoms with van der Waals surface area (Å²) < 4.78 is 9.09. The van der Waals surface area contributed by atoms with Crippen LogP contribution in [0.15, 0.2) is 0 Å². The van der Waals surface area contributed by atoms with Gasteiger partial charge in [-0.3, -0.25) is 9.59 Å². The standard InChI is InChI=1S/C11H21BrO2.C11H22O3/c2*1-3-4-7-10(12)8-5-6-9-11(13)14-2/h10H,3-9H2,1-2H3;10,12H,3-9H2,1-2H3. The van der Waals surface area contributed by atoms with Gasteiger partial charge in [0.2, 0.25) is 0 Å². The number of halogens is 1. The van der Waals surface area contributed by atoms with Crippen molar-refractivity contribution in [3.8, 4) is 0 Å². The molecule has 0 radical (unpaired) electrons. The number of rotatable bonds is 16. The van der Waals surface area contributed by atoms with Crippen molar-refractivity contribution < 1.29 is 24.2 Å². The van der Waals surface area contributed by atoms with E-state index in [-0.39, 0.29) is 18.0 Å². The molecular formula is C22H43BrO5. The van der Waals surface area contributed by atoms with Gasteiger partial charge in [0.25, 0.3) is 0 Å². The molecule has 0 heterocycles. The maximum absolute atomic E-state index is 10.8. The summed E-state index contributed by atoms with van der Waals surface area (Å²) >= 11 is 3.65. The topological polar surface area (TPSA) is 72.8 Å². The van der Waals surface area contributed by atoms with Gasteiger partial charge in [0, 0.05) is 17.7 Å². The van der Waals surface area contributed by atoms with Gasteiger partial charge in [0.1, 0.15) is 0 Å². The molecule has 0 saturated heterocycles. The number of carbonyl (C=O) groups excluding carboxylic acids is 2. The molecular weight excluding hydrogens is 424 g/mol. The molecule has 0 aliphatic carbocycles. The minimum atomic E-state index is -0.187. The first-order chi connectivity index (χ1) is 13.4. The van der Waals surface area contributed by atoms with Crippen molar-refractivity contribution in [1.82, 2.24) is 0 Å². The molecule has 0 amide bonds. The molecule has 0 aromatic heterocycles. The lowest BCUT2D eigenvalue weighted by Crippen LogP contribution is -2.06. The van der Waals surface area contributed by atoms with E-state index in [2.05, 4.69) is 39.3 Å². The summed E-state index contributed by atoms with van der Waals surface area (Å²) in [6.45, 7) is 4.32. The van der Waals surface area contributed by atoms with Gasteiger partial charge in [-0.25, -0.2) is 0 Å². The molecule has 1 N–H and O–H groups in total. The maximum Gasteiger partial charge on any atom is 0.305 e.